The lowest BCUT2D eigenvalue weighted by molar-refractivity contribution is 0.0946. The van der Waals surface area contributed by atoms with E-state index in [2.05, 4.69) is 10.4 Å². The molecule has 9 nitrogen and oxygen atoms in total. The molecule has 0 aliphatic heterocycles. The van der Waals surface area contributed by atoms with Gasteiger partial charge in [-0.05, 0) is 23.8 Å². The van der Waals surface area contributed by atoms with Crippen LogP contribution < -0.4 is 27.3 Å². The molecule has 3 aromatic rings. The van der Waals surface area contributed by atoms with Gasteiger partial charge in [0.25, 0.3) is 11.8 Å². The molecule has 1 heterocycles. The number of aromatic nitrogens is 2. The van der Waals surface area contributed by atoms with E-state index in [-0.39, 0.29) is 29.2 Å². The van der Waals surface area contributed by atoms with Gasteiger partial charge in [-0.25, -0.2) is 9.07 Å². The third-order valence-electron chi connectivity index (χ3n) is 4.67. The summed E-state index contributed by atoms with van der Waals surface area (Å²) < 4.78 is 20.0. The molecule has 0 radical (unpaired) electrons. The summed E-state index contributed by atoms with van der Waals surface area (Å²) in [7, 11) is 1.41. The second-order valence-electron chi connectivity index (χ2n) is 6.71. The van der Waals surface area contributed by atoms with E-state index in [9.17, 15) is 14.0 Å². The molecule has 3 rings (SSSR count). The topological polar surface area (TPSA) is 151 Å². The van der Waals surface area contributed by atoms with Crippen LogP contribution in [0.15, 0.2) is 42.5 Å². The highest BCUT2D eigenvalue weighted by atomic mass is 19.1. The van der Waals surface area contributed by atoms with E-state index in [1.54, 1.807) is 24.3 Å². The Morgan fingerprint density at radius 2 is 1.90 bits per heavy atom. The molecule has 0 spiro atoms. The molecule has 2 amide bonds. The monoisotopic (exact) mass is 426 g/mol. The third kappa shape index (κ3) is 4.64. The Balaban J connectivity index is 1.77. The van der Waals surface area contributed by atoms with E-state index < -0.39 is 17.6 Å². The Morgan fingerprint density at radius 1 is 1.19 bits per heavy atom. The van der Waals surface area contributed by atoms with Gasteiger partial charge in [-0.3, -0.25) is 9.59 Å². The first kappa shape index (κ1) is 21.8. The number of rotatable bonds is 8. The predicted molar refractivity (Wildman–Crippen MR) is 114 cm³/mol. The molecule has 31 heavy (non-hydrogen) atoms. The number of nitrogens with zero attached hydrogens (tertiary/aromatic N) is 2. The predicted octanol–water partition coefficient (Wildman–Crippen LogP) is 1.27. The van der Waals surface area contributed by atoms with Gasteiger partial charge >= 0.3 is 0 Å². The van der Waals surface area contributed by atoms with Gasteiger partial charge in [0.05, 0.1) is 19.2 Å². The number of anilines is 1. The standard InChI is InChI=1S/C21H23FN6O3/c1-31-16-7-6-14(22)10-15(16)21(30)26-11-12-2-4-13(5-3-12)18-17(20(25)29)19(24)28(27-18)9-8-23/h2-7,10H,8-9,11,23-24H2,1H3,(H2,25,29)(H,26,30). The van der Waals surface area contributed by atoms with Crippen LogP contribution in [0.3, 0.4) is 0 Å². The molecular weight excluding hydrogens is 403 g/mol. The molecule has 0 unspecified atom stereocenters. The maximum absolute atomic E-state index is 13.5. The van der Waals surface area contributed by atoms with E-state index >= 15 is 0 Å². The Labute approximate surface area is 178 Å². The highest BCUT2D eigenvalue weighted by Gasteiger charge is 2.21. The molecule has 0 atom stereocenters. The van der Waals surface area contributed by atoms with Gasteiger partial charge in [-0.15, -0.1) is 0 Å². The number of nitrogen functional groups attached to an aromatic ring is 1. The minimum absolute atomic E-state index is 0.103. The van der Waals surface area contributed by atoms with Crippen molar-refractivity contribution in [1.82, 2.24) is 15.1 Å². The lowest BCUT2D eigenvalue weighted by Gasteiger charge is -2.10. The van der Waals surface area contributed by atoms with E-state index in [0.717, 1.165) is 11.6 Å². The number of carbonyl (C=O) groups is 2. The number of carbonyl (C=O) groups excluding carboxylic acids is 2. The summed E-state index contributed by atoms with van der Waals surface area (Å²) in [6.45, 7) is 0.850. The van der Waals surface area contributed by atoms with Crippen molar-refractivity contribution in [1.29, 1.82) is 0 Å². The van der Waals surface area contributed by atoms with Gasteiger partial charge < -0.3 is 27.3 Å². The third-order valence-corrected chi connectivity index (χ3v) is 4.67. The molecule has 162 valence electrons. The number of methoxy groups -OCH3 is 1. The second kappa shape index (κ2) is 9.26. The van der Waals surface area contributed by atoms with Crippen LogP contribution in [0.25, 0.3) is 11.3 Å². The second-order valence-corrected chi connectivity index (χ2v) is 6.71. The van der Waals surface area contributed by atoms with Crippen molar-refractivity contribution in [3.63, 3.8) is 0 Å². The summed E-state index contributed by atoms with van der Waals surface area (Å²) in [6.07, 6.45) is 0. The zero-order chi connectivity index (χ0) is 22.5. The van der Waals surface area contributed by atoms with Crippen LogP contribution in [0.1, 0.15) is 26.3 Å². The Kier molecular flexibility index (Phi) is 6.51. The molecule has 0 saturated heterocycles. The van der Waals surface area contributed by atoms with E-state index in [1.165, 1.54) is 23.9 Å². The van der Waals surface area contributed by atoms with Gasteiger partial charge in [0.1, 0.15) is 28.6 Å². The lowest BCUT2D eigenvalue weighted by Crippen LogP contribution is -2.23. The number of hydrogen-bond donors (Lipinski definition) is 4. The van der Waals surface area contributed by atoms with Crippen LogP contribution >= 0.6 is 0 Å². The Morgan fingerprint density at radius 3 is 2.52 bits per heavy atom. The minimum atomic E-state index is -0.684. The van der Waals surface area contributed by atoms with E-state index in [1.807, 2.05) is 0 Å². The first-order valence-electron chi connectivity index (χ1n) is 9.43. The number of nitrogens with two attached hydrogens (primary N) is 3. The number of nitrogens with one attached hydrogen (secondary N) is 1. The summed E-state index contributed by atoms with van der Waals surface area (Å²) in [4.78, 5) is 24.3. The van der Waals surface area contributed by atoms with Crippen molar-refractivity contribution >= 4 is 17.6 Å². The average Bonchev–Trinajstić information content (AvgIpc) is 3.09. The SMILES string of the molecule is COc1ccc(F)cc1C(=O)NCc1ccc(-c2nn(CCN)c(N)c2C(N)=O)cc1. The van der Waals surface area contributed by atoms with Crippen molar-refractivity contribution in [2.45, 2.75) is 13.1 Å². The summed E-state index contributed by atoms with van der Waals surface area (Å²) in [5, 5.41) is 7.08. The minimum Gasteiger partial charge on any atom is -0.496 e. The Bertz CT molecular complexity index is 1110. The van der Waals surface area contributed by atoms with E-state index in [4.69, 9.17) is 21.9 Å². The highest BCUT2D eigenvalue weighted by molar-refractivity contribution is 6.03. The molecule has 7 N–H and O–H groups in total. The molecule has 2 aromatic carbocycles. The molecule has 0 fully saturated rings. The fourth-order valence-electron chi connectivity index (χ4n) is 3.13. The van der Waals surface area contributed by atoms with Crippen LogP contribution in [-0.4, -0.2) is 35.2 Å². The van der Waals surface area contributed by atoms with Crippen molar-refractivity contribution in [2.24, 2.45) is 11.5 Å². The first-order chi connectivity index (χ1) is 14.8. The molecule has 1 aromatic heterocycles. The number of primary amides is 1. The van der Waals surface area contributed by atoms with Crippen molar-refractivity contribution in [2.75, 3.05) is 19.4 Å². The van der Waals surface area contributed by atoms with Crippen molar-refractivity contribution < 1.29 is 18.7 Å². The van der Waals surface area contributed by atoms with Gasteiger partial charge in [0.2, 0.25) is 0 Å². The normalized spacial score (nSPS) is 10.7. The zero-order valence-electron chi connectivity index (χ0n) is 16.9. The van der Waals surface area contributed by atoms with Gasteiger partial charge in [0, 0.05) is 18.7 Å². The smallest absolute Gasteiger partial charge is 0.255 e. The zero-order valence-corrected chi connectivity index (χ0v) is 16.9. The quantitative estimate of drug-likeness (QED) is 0.426. The van der Waals surface area contributed by atoms with Crippen molar-refractivity contribution in [3.8, 4) is 17.0 Å². The summed E-state index contributed by atoms with van der Waals surface area (Å²) >= 11 is 0. The fourth-order valence-corrected chi connectivity index (χ4v) is 3.13. The Hall–Kier alpha value is -3.92. The summed E-state index contributed by atoms with van der Waals surface area (Å²) in [5.41, 5.74) is 19.0. The number of amides is 2. The van der Waals surface area contributed by atoms with Crippen LogP contribution in [0.2, 0.25) is 0 Å². The van der Waals surface area contributed by atoms with E-state index in [0.29, 0.717) is 24.3 Å². The molecule has 0 saturated carbocycles. The fraction of sp³-hybridized carbons (Fsp3) is 0.190. The largest absolute Gasteiger partial charge is 0.496 e. The number of ether oxygens (including phenoxy) is 1. The summed E-state index contributed by atoms with van der Waals surface area (Å²) in [6, 6.07) is 10.7. The molecule has 0 bridgehead atoms. The van der Waals surface area contributed by atoms with Gasteiger partial charge in [0.15, 0.2) is 0 Å². The van der Waals surface area contributed by atoms with Crippen LogP contribution in [0.4, 0.5) is 10.2 Å². The maximum atomic E-state index is 13.5. The molecule has 0 aliphatic carbocycles. The molecular formula is C21H23FN6O3. The lowest BCUT2D eigenvalue weighted by atomic mass is 10.0. The molecule has 0 aliphatic rings. The van der Waals surface area contributed by atoms with Crippen LogP contribution in [0.5, 0.6) is 5.75 Å². The number of benzene rings is 2. The van der Waals surface area contributed by atoms with Crippen LogP contribution in [0, 0.1) is 5.82 Å². The van der Waals surface area contributed by atoms with Gasteiger partial charge in [-0.2, -0.15) is 5.10 Å². The number of halogens is 1. The number of hydrogen-bond acceptors (Lipinski definition) is 6. The average molecular weight is 426 g/mol. The molecule has 10 heteroatoms. The highest BCUT2D eigenvalue weighted by Crippen LogP contribution is 2.27. The maximum Gasteiger partial charge on any atom is 0.255 e. The van der Waals surface area contributed by atoms with Gasteiger partial charge in [-0.1, -0.05) is 24.3 Å². The van der Waals surface area contributed by atoms with Crippen molar-refractivity contribution in [3.05, 3.63) is 65.0 Å². The summed E-state index contributed by atoms with van der Waals surface area (Å²) in [5.74, 6) is -1.25. The van der Waals surface area contributed by atoms with Crippen LogP contribution in [-0.2, 0) is 13.1 Å². The first-order valence-corrected chi connectivity index (χ1v) is 9.43.